The fourth-order valence-corrected chi connectivity index (χ4v) is 6.62. The zero-order chi connectivity index (χ0) is 45.5. The second-order valence-electron chi connectivity index (χ2n) is 16.8. The minimum Gasteiger partial charge on any atom is -0.490 e. The lowest BCUT2D eigenvalue weighted by Gasteiger charge is -2.33. The molecule has 4 rings (SSSR count). The molecule has 0 fully saturated rings. The van der Waals surface area contributed by atoms with Crippen LogP contribution in [0, 0.1) is 11.8 Å². The molecule has 0 aliphatic carbocycles. The number of hydrogen-bond donors (Lipinski definition) is 4. The molecular formula is C43H58Cl2N8O8. The van der Waals surface area contributed by atoms with Crippen molar-refractivity contribution in [2.24, 2.45) is 17.6 Å². The summed E-state index contributed by atoms with van der Waals surface area (Å²) in [4.78, 5) is 35.1. The Bertz CT molecular complexity index is 2100. The summed E-state index contributed by atoms with van der Waals surface area (Å²) >= 11 is 12.9. The molecule has 4 aromatic rings. The minimum absolute atomic E-state index is 0.202. The van der Waals surface area contributed by atoms with Gasteiger partial charge in [-0.05, 0) is 107 Å². The van der Waals surface area contributed by atoms with Crippen molar-refractivity contribution in [2.45, 2.75) is 91.8 Å². The Morgan fingerprint density at radius 1 is 0.656 bits per heavy atom. The normalized spacial score (nSPS) is 13.1. The molecule has 0 radical (unpaired) electrons. The van der Waals surface area contributed by atoms with Crippen molar-refractivity contribution >= 4 is 53.1 Å². The summed E-state index contributed by atoms with van der Waals surface area (Å²) < 4.78 is 26.4. The lowest BCUT2D eigenvalue weighted by molar-refractivity contribution is 0.0408. The van der Waals surface area contributed by atoms with Gasteiger partial charge in [-0.1, -0.05) is 63.0 Å². The van der Waals surface area contributed by atoms with E-state index < -0.39 is 35.0 Å². The molecule has 18 heteroatoms. The van der Waals surface area contributed by atoms with Crippen molar-refractivity contribution in [2.75, 3.05) is 38.1 Å². The van der Waals surface area contributed by atoms with Gasteiger partial charge >= 0.3 is 18.3 Å². The summed E-state index contributed by atoms with van der Waals surface area (Å²) in [5, 5.41) is 24.2. The number of alkyl carbamates (subject to hydrolysis) is 1. The summed E-state index contributed by atoms with van der Waals surface area (Å²) in [5.74, 6) is 2.36. The van der Waals surface area contributed by atoms with Gasteiger partial charge in [0.1, 0.15) is 30.3 Å². The smallest absolute Gasteiger partial charge is 0.412 e. The average Bonchev–Trinajstić information content (AvgIpc) is 3.15. The first-order valence-electron chi connectivity index (χ1n) is 19.5. The number of ether oxygens (including phenoxy) is 5. The molecule has 0 saturated heterocycles. The van der Waals surface area contributed by atoms with Crippen molar-refractivity contribution < 1.29 is 38.1 Å². The summed E-state index contributed by atoms with van der Waals surface area (Å²) in [6.07, 6.45) is 2.91. The second-order valence-corrected chi connectivity index (χ2v) is 17.6. The first-order chi connectivity index (χ1) is 28.5. The maximum absolute atomic E-state index is 12.4. The first kappa shape index (κ1) is 49.9. The van der Waals surface area contributed by atoms with Gasteiger partial charge < -0.3 is 34.7 Å². The number of hydrogen-bond acceptors (Lipinski definition) is 13. The van der Waals surface area contributed by atoms with Gasteiger partial charge in [-0.3, -0.25) is 10.6 Å². The molecule has 0 aliphatic heterocycles. The van der Waals surface area contributed by atoms with Crippen LogP contribution in [0.1, 0.15) is 75.2 Å². The van der Waals surface area contributed by atoms with E-state index in [0.29, 0.717) is 52.0 Å². The topological polar surface area (TPSA) is 211 Å². The number of nitrogens with zero attached hydrogens (tertiary/aromatic N) is 4. The average molecular weight is 886 g/mol. The van der Waals surface area contributed by atoms with Crippen molar-refractivity contribution in [1.82, 2.24) is 25.7 Å². The lowest BCUT2D eigenvalue weighted by atomic mass is 9.91. The van der Waals surface area contributed by atoms with Crippen LogP contribution >= 0.6 is 23.2 Å². The van der Waals surface area contributed by atoms with E-state index in [1.54, 1.807) is 48.8 Å². The third-order valence-corrected chi connectivity index (χ3v) is 8.90. The highest BCUT2D eigenvalue weighted by atomic mass is 35.5. The van der Waals surface area contributed by atoms with Crippen LogP contribution in [0.5, 0.6) is 11.5 Å². The van der Waals surface area contributed by atoms with E-state index in [2.05, 4.69) is 73.5 Å². The Kier molecular flexibility index (Phi) is 18.3. The Morgan fingerprint density at radius 3 is 1.49 bits per heavy atom. The Balaban J connectivity index is 0.000000334. The molecule has 16 nitrogen and oxygen atoms in total. The van der Waals surface area contributed by atoms with Crippen LogP contribution in [0.15, 0.2) is 60.9 Å². The molecule has 61 heavy (non-hydrogen) atoms. The van der Waals surface area contributed by atoms with Gasteiger partial charge in [0.05, 0.1) is 42.2 Å². The standard InChI is InChI=1S/C24H33ClN4O5.C19H25ClN4O3/c1-15(2)12-24(6,28-22(31)34-23(3,4)5)14-33-19-9-8-16(10-18(19)25)17-11-20(29-26-13-17)27-21(30)32-7;1-12(2)9-19(3,21)11-27-16-6-5-13(7-15(16)20)14-8-17(24-22-10-14)23-18(25)26-4/h8-11,13,15H,12,14H2,1-7H3,(H,28,31)(H,27,29,30);5-8,10,12H,9,11,21H2,1-4H3,(H,23,24,25)/t24-;19-/m00/s1. The maximum atomic E-state index is 12.4. The van der Waals surface area contributed by atoms with Crippen LogP contribution in [0.2, 0.25) is 10.0 Å². The van der Waals surface area contributed by atoms with Crippen LogP contribution in [-0.4, -0.2) is 82.8 Å². The Morgan fingerprint density at radius 2 is 1.10 bits per heavy atom. The molecule has 3 amide bonds. The maximum Gasteiger partial charge on any atom is 0.412 e. The molecule has 0 bridgehead atoms. The minimum atomic E-state index is -0.665. The predicted molar refractivity (Wildman–Crippen MR) is 237 cm³/mol. The molecule has 2 aromatic heterocycles. The summed E-state index contributed by atoms with van der Waals surface area (Å²) in [5.41, 5.74) is 7.60. The van der Waals surface area contributed by atoms with Crippen molar-refractivity contribution in [3.63, 3.8) is 0 Å². The van der Waals surface area contributed by atoms with Crippen LogP contribution in [0.4, 0.5) is 26.0 Å². The van der Waals surface area contributed by atoms with Gasteiger partial charge in [0.2, 0.25) is 0 Å². The highest BCUT2D eigenvalue weighted by molar-refractivity contribution is 6.32. The lowest BCUT2D eigenvalue weighted by Crippen LogP contribution is -2.52. The van der Waals surface area contributed by atoms with E-state index in [4.69, 9.17) is 43.1 Å². The Hall–Kier alpha value is -5.45. The second kappa shape index (κ2) is 22.4. The van der Waals surface area contributed by atoms with Crippen LogP contribution in [0.3, 0.4) is 0 Å². The largest absolute Gasteiger partial charge is 0.490 e. The van der Waals surface area contributed by atoms with Gasteiger partial charge in [-0.2, -0.15) is 10.2 Å². The number of nitrogens with one attached hydrogen (secondary N) is 3. The summed E-state index contributed by atoms with van der Waals surface area (Å²) in [6, 6.07) is 14.0. The van der Waals surface area contributed by atoms with E-state index >= 15 is 0 Å². The highest BCUT2D eigenvalue weighted by Crippen LogP contribution is 2.33. The van der Waals surface area contributed by atoms with E-state index in [0.717, 1.165) is 23.1 Å². The molecule has 2 aromatic carbocycles. The van der Waals surface area contributed by atoms with E-state index in [1.165, 1.54) is 14.2 Å². The third kappa shape index (κ3) is 17.6. The molecule has 0 saturated carbocycles. The number of carbonyl (C=O) groups excluding carboxylic acids is 3. The number of anilines is 2. The number of amides is 3. The zero-order valence-corrected chi connectivity index (χ0v) is 38.2. The van der Waals surface area contributed by atoms with Crippen LogP contribution in [-0.2, 0) is 14.2 Å². The molecular weight excluding hydrogens is 827 g/mol. The van der Waals surface area contributed by atoms with E-state index in [9.17, 15) is 14.4 Å². The summed E-state index contributed by atoms with van der Waals surface area (Å²) in [6.45, 7) is 18.3. The molecule has 332 valence electrons. The van der Waals surface area contributed by atoms with Crippen molar-refractivity contribution in [1.29, 1.82) is 0 Å². The van der Waals surface area contributed by atoms with E-state index in [-0.39, 0.29) is 18.2 Å². The number of methoxy groups -OCH3 is 2. The Labute approximate surface area is 367 Å². The molecule has 0 aliphatic rings. The quantitative estimate of drug-likeness (QED) is 0.0820. The fourth-order valence-electron chi connectivity index (χ4n) is 6.15. The van der Waals surface area contributed by atoms with Crippen LogP contribution < -0.4 is 31.2 Å². The summed E-state index contributed by atoms with van der Waals surface area (Å²) in [7, 11) is 2.54. The molecule has 2 atom stereocenters. The monoisotopic (exact) mass is 884 g/mol. The SMILES string of the molecule is COC(=O)Nc1cc(-c2ccc(OC[C@@](C)(N)CC(C)C)c(Cl)c2)cnn1.COC(=O)Nc1cc(-c2ccc(OC[C@](C)(CC(C)C)NC(=O)OC(C)(C)C)c(Cl)c2)cnn1. The zero-order valence-electron chi connectivity index (χ0n) is 36.6. The third-order valence-electron chi connectivity index (χ3n) is 8.31. The highest BCUT2D eigenvalue weighted by Gasteiger charge is 2.31. The number of carbonyl (C=O) groups is 3. The molecule has 0 spiro atoms. The first-order valence-corrected chi connectivity index (χ1v) is 20.3. The number of benzene rings is 2. The van der Waals surface area contributed by atoms with Crippen molar-refractivity contribution in [3.05, 3.63) is 71.0 Å². The molecule has 5 N–H and O–H groups in total. The van der Waals surface area contributed by atoms with Crippen molar-refractivity contribution in [3.8, 4) is 33.8 Å². The number of nitrogens with two attached hydrogens (primary N) is 1. The predicted octanol–water partition coefficient (Wildman–Crippen LogP) is 9.80. The number of aromatic nitrogens is 4. The molecule has 2 heterocycles. The molecule has 0 unspecified atom stereocenters. The van der Waals surface area contributed by atoms with Gasteiger partial charge in [-0.15, -0.1) is 10.2 Å². The van der Waals surface area contributed by atoms with Gasteiger partial charge in [-0.25, -0.2) is 14.4 Å². The van der Waals surface area contributed by atoms with Gasteiger partial charge in [0.25, 0.3) is 0 Å². The van der Waals surface area contributed by atoms with Crippen LogP contribution in [0.25, 0.3) is 22.3 Å². The number of halogens is 2. The fraction of sp³-hybridized carbons (Fsp3) is 0.465. The number of rotatable bonds is 15. The van der Waals surface area contributed by atoms with Gasteiger partial charge in [0.15, 0.2) is 11.6 Å². The van der Waals surface area contributed by atoms with E-state index in [1.807, 2.05) is 46.8 Å². The van der Waals surface area contributed by atoms with Gasteiger partial charge in [0, 0.05) is 16.7 Å².